The first-order valence-electron chi connectivity index (χ1n) is 17.2. The molecule has 0 aromatic heterocycles. The summed E-state index contributed by atoms with van der Waals surface area (Å²) < 4.78 is 0. The molecule has 0 heteroatoms. The molecule has 9 rings (SSSR count). The fourth-order valence-electron chi connectivity index (χ4n) is 9.11. The van der Waals surface area contributed by atoms with E-state index in [4.69, 9.17) is 0 Å². The van der Waals surface area contributed by atoms with Gasteiger partial charge in [0.2, 0.25) is 0 Å². The minimum atomic E-state index is -0.402. The molecule has 7 aromatic rings. The molecular formula is C48H38. The average Bonchev–Trinajstić information content (AvgIpc) is 3.62. The number of rotatable bonds is 5. The Bertz CT molecular complexity index is 2280. The predicted molar refractivity (Wildman–Crippen MR) is 203 cm³/mol. The van der Waals surface area contributed by atoms with Gasteiger partial charge >= 0.3 is 0 Å². The molecule has 48 heavy (non-hydrogen) atoms. The monoisotopic (exact) mass is 614 g/mol. The molecule has 230 valence electrons. The van der Waals surface area contributed by atoms with Crippen molar-refractivity contribution in [3.63, 3.8) is 0 Å². The van der Waals surface area contributed by atoms with Crippen LogP contribution in [0.25, 0.3) is 39.1 Å². The molecule has 0 amide bonds. The first-order chi connectivity index (χ1) is 23.5. The molecule has 0 radical (unpaired) electrons. The van der Waals surface area contributed by atoms with Crippen LogP contribution < -0.4 is 0 Å². The van der Waals surface area contributed by atoms with Crippen LogP contribution in [0.4, 0.5) is 0 Å². The van der Waals surface area contributed by atoms with Gasteiger partial charge in [0.05, 0.1) is 0 Å². The fraction of sp³-hybridized carbons (Fsp3) is 0.125. The molecule has 0 aliphatic heterocycles. The minimum Gasteiger partial charge on any atom is -0.0639 e. The third kappa shape index (κ3) is 4.29. The Hall–Kier alpha value is -5.46. The maximum Gasteiger partial charge on any atom is 0.0418 e. The second-order valence-corrected chi connectivity index (χ2v) is 13.9. The van der Waals surface area contributed by atoms with Crippen LogP contribution in [-0.2, 0) is 5.41 Å². The van der Waals surface area contributed by atoms with E-state index in [1.54, 1.807) is 0 Å². The Balaban J connectivity index is 1.33. The Morgan fingerprint density at radius 1 is 0.417 bits per heavy atom. The molecule has 0 fully saturated rings. The summed E-state index contributed by atoms with van der Waals surface area (Å²) >= 11 is 0. The molecule has 0 heterocycles. The van der Waals surface area contributed by atoms with Crippen molar-refractivity contribution in [2.45, 2.75) is 38.0 Å². The predicted octanol–water partition coefficient (Wildman–Crippen LogP) is 12.4. The molecule has 0 saturated carbocycles. The van der Waals surface area contributed by atoms with Gasteiger partial charge in [0.25, 0.3) is 0 Å². The van der Waals surface area contributed by atoms with Crippen molar-refractivity contribution >= 4 is 16.8 Å². The lowest BCUT2D eigenvalue weighted by atomic mass is 9.54. The number of aryl methyl sites for hydroxylation is 2. The third-order valence-electron chi connectivity index (χ3n) is 11.1. The number of hydrogen-bond donors (Lipinski definition) is 0. The maximum atomic E-state index is 2.47. The third-order valence-corrected chi connectivity index (χ3v) is 11.1. The molecule has 0 spiro atoms. The van der Waals surface area contributed by atoms with Crippen molar-refractivity contribution in [2.75, 3.05) is 0 Å². The van der Waals surface area contributed by atoms with Crippen molar-refractivity contribution in [1.29, 1.82) is 0 Å². The van der Waals surface area contributed by atoms with Gasteiger partial charge in [-0.2, -0.15) is 0 Å². The fourth-order valence-corrected chi connectivity index (χ4v) is 9.11. The summed E-state index contributed by atoms with van der Waals surface area (Å²) in [5, 5.41) is 2.55. The van der Waals surface area contributed by atoms with Crippen LogP contribution in [0.1, 0.15) is 63.3 Å². The van der Waals surface area contributed by atoms with Gasteiger partial charge in [0.15, 0.2) is 0 Å². The molecular weight excluding hydrogens is 577 g/mol. The smallest absolute Gasteiger partial charge is 0.0418 e. The van der Waals surface area contributed by atoms with E-state index in [0.717, 1.165) is 0 Å². The van der Waals surface area contributed by atoms with E-state index in [0.29, 0.717) is 0 Å². The van der Waals surface area contributed by atoms with Crippen molar-refractivity contribution in [2.24, 2.45) is 0 Å². The van der Waals surface area contributed by atoms with Crippen molar-refractivity contribution in [3.05, 3.63) is 208 Å². The Morgan fingerprint density at radius 3 is 1.58 bits per heavy atom. The number of benzene rings is 7. The van der Waals surface area contributed by atoms with Crippen LogP contribution in [0.15, 0.2) is 163 Å². The first-order valence-corrected chi connectivity index (χ1v) is 17.2. The molecule has 1 atom stereocenters. The van der Waals surface area contributed by atoms with E-state index in [-0.39, 0.29) is 11.8 Å². The Morgan fingerprint density at radius 2 is 0.958 bits per heavy atom. The maximum absolute atomic E-state index is 2.47. The summed E-state index contributed by atoms with van der Waals surface area (Å²) in [5.74, 6) is 0.249. The van der Waals surface area contributed by atoms with Gasteiger partial charge in [-0.25, -0.2) is 0 Å². The molecule has 2 aliphatic carbocycles. The highest BCUT2D eigenvalue weighted by atomic mass is 14.6. The summed E-state index contributed by atoms with van der Waals surface area (Å²) in [6.45, 7) is 6.84. The lowest BCUT2D eigenvalue weighted by molar-refractivity contribution is 0.405. The highest BCUT2D eigenvalue weighted by molar-refractivity contribution is 5.88. The van der Waals surface area contributed by atoms with Gasteiger partial charge in [-0.05, 0) is 99.3 Å². The van der Waals surface area contributed by atoms with Crippen molar-refractivity contribution < 1.29 is 0 Å². The zero-order valence-corrected chi connectivity index (χ0v) is 27.7. The number of fused-ring (bicyclic) bond motifs is 5. The van der Waals surface area contributed by atoms with E-state index in [2.05, 4.69) is 185 Å². The molecule has 2 aliphatic rings. The lowest BCUT2D eigenvalue weighted by Gasteiger charge is -2.47. The quantitative estimate of drug-likeness (QED) is 0.181. The normalized spacial score (nSPS) is 15.2. The van der Waals surface area contributed by atoms with Gasteiger partial charge in [-0.3, -0.25) is 0 Å². The van der Waals surface area contributed by atoms with Crippen LogP contribution in [0.5, 0.6) is 0 Å². The lowest BCUT2D eigenvalue weighted by Crippen LogP contribution is -2.41. The molecule has 0 bridgehead atoms. The number of allylic oxidation sites excluding steroid dienone is 1. The van der Waals surface area contributed by atoms with Crippen LogP contribution in [0.3, 0.4) is 0 Å². The SMILES string of the molecule is CC1=Cc2cc(-c3ccc4ccccc4c3)ccc2C1C(c1ccccc1)(c1ccccc1)C1c2cc(C)ccc2-c2ccc(C)cc21. The van der Waals surface area contributed by atoms with Crippen LogP contribution in [0, 0.1) is 13.8 Å². The second kappa shape index (κ2) is 11.1. The average molecular weight is 615 g/mol. The molecule has 1 unspecified atom stereocenters. The molecule has 0 saturated heterocycles. The van der Waals surface area contributed by atoms with Gasteiger partial charge in [-0.15, -0.1) is 0 Å². The summed E-state index contributed by atoms with van der Waals surface area (Å²) in [5.41, 5.74) is 17.1. The van der Waals surface area contributed by atoms with Crippen molar-refractivity contribution in [1.82, 2.24) is 0 Å². The zero-order valence-electron chi connectivity index (χ0n) is 27.7. The minimum absolute atomic E-state index is 0.117. The second-order valence-electron chi connectivity index (χ2n) is 13.9. The molecule has 0 nitrogen and oxygen atoms in total. The van der Waals surface area contributed by atoms with Crippen LogP contribution >= 0.6 is 0 Å². The highest BCUT2D eigenvalue weighted by Gasteiger charge is 2.54. The van der Waals surface area contributed by atoms with Gasteiger partial charge in [-0.1, -0.05) is 168 Å². The molecule has 7 aromatic carbocycles. The van der Waals surface area contributed by atoms with E-state index in [1.165, 1.54) is 83.1 Å². The van der Waals surface area contributed by atoms with Gasteiger partial charge in [0.1, 0.15) is 0 Å². The first kappa shape index (κ1) is 28.7. The van der Waals surface area contributed by atoms with E-state index >= 15 is 0 Å². The van der Waals surface area contributed by atoms with E-state index in [1.807, 2.05) is 0 Å². The topological polar surface area (TPSA) is 0 Å². The summed E-state index contributed by atoms with van der Waals surface area (Å²) in [4.78, 5) is 0. The summed E-state index contributed by atoms with van der Waals surface area (Å²) in [7, 11) is 0. The molecule has 0 N–H and O–H groups in total. The summed E-state index contributed by atoms with van der Waals surface area (Å²) in [6, 6.07) is 59.7. The summed E-state index contributed by atoms with van der Waals surface area (Å²) in [6.07, 6.45) is 2.47. The largest absolute Gasteiger partial charge is 0.0639 e. The highest BCUT2D eigenvalue weighted by Crippen LogP contribution is 2.64. The van der Waals surface area contributed by atoms with Gasteiger partial charge in [0, 0.05) is 17.3 Å². The van der Waals surface area contributed by atoms with Crippen LogP contribution in [-0.4, -0.2) is 0 Å². The van der Waals surface area contributed by atoms with Crippen molar-refractivity contribution in [3.8, 4) is 22.3 Å². The van der Waals surface area contributed by atoms with E-state index < -0.39 is 5.41 Å². The van der Waals surface area contributed by atoms with Crippen LogP contribution in [0.2, 0.25) is 0 Å². The van der Waals surface area contributed by atoms with E-state index in [9.17, 15) is 0 Å². The number of hydrogen-bond acceptors (Lipinski definition) is 0. The van der Waals surface area contributed by atoms with Gasteiger partial charge < -0.3 is 0 Å². The Kier molecular flexibility index (Phi) is 6.63. The zero-order chi connectivity index (χ0) is 32.4. The standard InChI is InChI=1S/C48H38/c1-31-18-23-42-43-24-19-32(2)27-45(43)47(44(42)26-31)48(39-14-6-4-7-15-39,40-16-8-5-9-17-40)46-33(3)28-38-30-37(22-25-41(38)46)36-21-20-34-12-10-11-13-35(34)29-36/h4-30,46-47H,1-3H3. The Labute approximate surface area is 284 Å².